The van der Waals surface area contributed by atoms with E-state index in [0.29, 0.717) is 23.2 Å². The largest absolute Gasteiger partial charge is 0.268 e. The molecule has 2 heterocycles. The maximum absolute atomic E-state index is 13.2. The molecule has 1 atom stereocenters. The average Bonchev–Trinajstić information content (AvgIpc) is 3.04. The molecule has 0 bridgehead atoms. The van der Waals surface area contributed by atoms with Gasteiger partial charge in [-0.3, -0.25) is 18.7 Å². The molecule has 0 saturated heterocycles. The summed E-state index contributed by atoms with van der Waals surface area (Å²) in [4.78, 5) is 18.1. The molecule has 1 unspecified atom stereocenters. The molecule has 2 aliphatic rings. The van der Waals surface area contributed by atoms with Gasteiger partial charge >= 0.3 is 0 Å². The predicted molar refractivity (Wildman–Crippen MR) is 114 cm³/mol. The van der Waals surface area contributed by atoms with E-state index in [0.717, 1.165) is 18.4 Å². The highest BCUT2D eigenvalue weighted by molar-refractivity contribution is 7.92. The first kappa shape index (κ1) is 19.9. The van der Waals surface area contributed by atoms with Crippen LogP contribution in [0, 0.1) is 0 Å². The maximum atomic E-state index is 13.2. The highest BCUT2D eigenvalue weighted by Gasteiger charge is 2.32. The van der Waals surface area contributed by atoms with Crippen LogP contribution in [0.4, 0.5) is 5.69 Å². The third-order valence-electron chi connectivity index (χ3n) is 5.78. The monoisotopic (exact) mass is 413 g/mol. The summed E-state index contributed by atoms with van der Waals surface area (Å²) in [5.74, 6) is -0.145. The van der Waals surface area contributed by atoms with Crippen LogP contribution in [0.1, 0.15) is 54.9 Å². The van der Waals surface area contributed by atoms with Crippen LogP contribution in [0.2, 0.25) is 0 Å². The zero-order chi connectivity index (χ0) is 20.6. The fourth-order valence-electron chi connectivity index (χ4n) is 4.49. The van der Waals surface area contributed by atoms with Crippen molar-refractivity contribution in [3.8, 4) is 0 Å². The first-order chi connectivity index (χ1) is 13.8. The Bertz CT molecular complexity index is 1100. The summed E-state index contributed by atoms with van der Waals surface area (Å²) in [5, 5.41) is 0. The summed E-state index contributed by atoms with van der Waals surface area (Å²) in [7, 11) is -3.35. The Morgan fingerprint density at radius 2 is 1.86 bits per heavy atom. The van der Waals surface area contributed by atoms with E-state index in [1.807, 2.05) is 31.2 Å². The molecule has 1 aromatic carbocycles. The number of pyridine rings is 1. The van der Waals surface area contributed by atoms with Crippen molar-refractivity contribution in [3.05, 3.63) is 59.2 Å². The van der Waals surface area contributed by atoms with E-state index in [2.05, 4.69) is 0 Å². The first-order valence-corrected chi connectivity index (χ1v) is 12.1. The Kier molecular flexibility index (Phi) is 5.34. The van der Waals surface area contributed by atoms with Crippen molar-refractivity contribution < 1.29 is 13.2 Å². The van der Waals surface area contributed by atoms with Crippen molar-refractivity contribution in [1.82, 2.24) is 4.57 Å². The van der Waals surface area contributed by atoms with Crippen molar-refractivity contribution >= 4 is 21.6 Å². The first-order valence-electron chi connectivity index (χ1n) is 10.2. The quantitative estimate of drug-likeness (QED) is 0.776. The van der Waals surface area contributed by atoms with Gasteiger partial charge < -0.3 is 0 Å². The van der Waals surface area contributed by atoms with Crippen molar-refractivity contribution in [2.45, 2.75) is 57.5 Å². The van der Waals surface area contributed by atoms with Crippen LogP contribution in [0.25, 0.3) is 0 Å². The smallest absolute Gasteiger partial charge is 0.263 e. The van der Waals surface area contributed by atoms with Gasteiger partial charge in [-0.25, -0.2) is 8.42 Å². The van der Waals surface area contributed by atoms with Gasteiger partial charge in [0.2, 0.25) is 10.0 Å². The van der Waals surface area contributed by atoms with Gasteiger partial charge in [0.1, 0.15) is 5.49 Å². The number of rotatable bonds is 3. The summed E-state index contributed by atoms with van der Waals surface area (Å²) >= 11 is 0. The Morgan fingerprint density at radius 3 is 2.59 bits per heavy atom. The second-order valence-corrected chi connectivity index (χ2v) is 9.97. The molecule has 4 rings (SSSR count). The molecule has 0 amide bonds. The molecule has 1 aromatic heterocycles. The lowest BCUT2D eigenvalue weighted by molar-refractivity contribution is 0.0954. The second-order valence-electron chi connectivity index (χ2n) is 8.11. The number of nitrogens with zero attached hydrogens (tertiary/aromatic N) is 3. The highest BCUT2D eigenvalue weighted by Crippen LogP contribution is 2.34. The average molecular weight is 414 g/mol. The Balaban J connectivity index is 1.69. The summed E-state index contributed by atoms with van der Waals surface area (Å²) in [6.07, 6.45) is 9.35. The van der Waals surface area contributed by atoms with Crippen LogP contribution in [0.15, 0.2) is 47.6 Å². The highest BCUT2D eigenvalue weighted by atomic mass is 32.2. The van der Waals surface area contributed by atoms with Gasteiger partial charge in [-0.2, -0.15) is 0 Å². The second kappa shape index (κ2) is 7.78. The van der Waals surface area contributed by atoms with E-state index in [1.165, 1.54) is 29.8 Å². The molecular formula is C22H27N3O3S. The number of fused-ring (bicyclic) bond motifs is 1. The van der Waals surface area contributed by atoms with Crippen molar-refractivity contribution in [2.75, 3.05) is 10.6 Å². The predicted octanol–water partition coefficient (Wildman–Crippen LogP) is 3.12. The molecule has 1 saturated carbocycles. The zero-order valence-electron chi connectivity index (χ0n) is 16.9. The van der Waals surface area contributed by atoms with Gasteiger partial charge in [0, 0.05) is 17.8 Å². The molecule has 7 heteroatoms. The third kappa shape index (κ3) is 4.01. The fraction of sp³-hybridized carbons (Fsp3) is 0.455. The molecule has 1 aliphatic carbocycles. The van der Waals surface area contributed by atoms with Gasteiger partial charge in [-0.05, 0) is 62.1 Å². The Morgan fingerprint density at radius 1 is 1.10 bits per heavy atom. The summed E-state index contributed by atoms with van der Waals surface area (Å²) in [5.41, 5.74) is 2.77. The van der Waals surface area contributed by atoms with Crippen LogP contribution in [-0.2, 0) is 16.4 Å². The maximum Gasteiger partial charge on any atom is 0.263 e. The standard InChI is InChI=1S/C22H27N3O3S/c1-16-14-18-15-17(11-12-20(18)25(16)29(2,27)28)22(26)24-13-7-6-10-21(24)23-19-8-4-3-5-9-19/h6-7,10-13,15-16,19H,3-5,8-9,14H2,1-2H3. The van der Waals surface area contributed by atoms with Crippen LogP contribution < -0.4 is 9.79 Å². The molecule has 0 N–H and O–H groups in total. The number of benzene rings is 1. The Labute approximate surface area is 171 Å². The molecule has 29 heavy (non-hydrogen) atoms. The van der Waals surface area contributed by atoms with Crippen molar-refractivity contribution in [3.63, 3.8) is 0 Å². The molecule has 0 radical (unpaired) electrons. The summed E-state index contributed by atoms with van der Waals surface area (Å²) in [6, 6.07) is 11.0. The number of carbonyl (C=O) groups is 1. The zero-order valence-corrected chi connectivity index (χ0v) is 17.7. The van der Waals surface area contributed by atoms with Gasteiger partial charge in [-0.1, -0.05) is 25.3 Å². The molecular weight excluding hydrogens is 386 g/mol. The summed E-state index contributed by atoms with van der Waals surface area (Å²) < 4.78 is 27.3. The lowest BCUT2D eigenvalue weighted by atomic mass is 9.96. The number of hydrogen-bond donors (Lipinski definition) is 0. The topological polar surface area (TPSA) is 71.7 Å². The summed E-state index contributed by atoms with van der Waals surface area (Å²) in [6.45, 7) is 1.88. The number of anilines is 1. The van der Waals surface area contributed by atoms with E-state index in [-0.39, 0.29) is 18.0 Å². The Hall–Kier alpha value is -2.41. The van der Waals surface area contributed by atoms with Crippen LogP contribution >= 0.6 is 0 Å². The lowest BCUT2D eigenvalue weighted by Crippen LogP contribution is -2.34. The number of hydrogen-bond acceptors (Lipinski definition) is 4. The molecule has 6 nitrogen and oxygen atoms in total. The van der Waals surface area contributed by atoms with Gasteiger partial charge in [0.25, 0.3) is 5.91 Å². The molecule has 1 aliphatic heterocycles. The van der Waals surface area contributed by atoms with E-state index < -0.39 is 10.0 Å². The number of carbonyl (C=O) groups excluding carboxylic acids is 1. The van der Waals surface area contributed by atoms with Gasteiger partial charge in [-0.15, -0.1) is 0 Å². The van der Waals surface area contributed by atoms with Crippen LogP contribution in [0.3, 0.4) is 0 Å². The number of aromatic nitrogens is 1. The van der Waals surface area contributed by atoms with E-state index in [1.54, 1.807) is 22.9 Å². The molecule has 154 valence electrons. The van der Waals surface area contributed by atoms with E-state index in [4.69, 9.17) is 4.99 Å². The minimum absolute atomic E-state index is 0.145. The van der Waals surface area contributed by atoms with Crippen molar-refractivity contribution in [1.29, 1.82) is 0 Å². The third-order valence-corrected chi connectivity index (χ3v) is 7.05. The number of sulfonamides is 1. The van der Waals surface area contributed by atoms with Gasteiger partial charge in [0.15, 0.2) is 0 Å². The van der Waals surface area contributed by atoms with Crippen LogP contribution in [-0.4, -0.2) is 37.2 Å². The molecule has 2 aromatic rings. The fourth-order valence-corrected chi connectivity index (χ4v) is 5.75. The normalized spacial score (nSPS) is 20.7. The molecule has 1 fully saturated rings. The SMILES string of the molecule is CC1Cc2cc(C(=O)n3ccccc3=NC3CCCCC3)ccc2N1S(C)(=O)=O. The molecule has 0 spiro atoms. The minimum atomic E-state index is -3.35. The van der Waals surface area contributed by atoms with E-state index >= 15 is 0 Å². The van der Waals surface area contributed by atoms with E-state index in [9.17, 15) is 13.2 Å². The van der Waals surface area contributed by atoms with Crippen molar-refractivity contribution in [2.24, 2.45) is 4.99 Å². The minimum Gasteiger partial charge on any atom is -0.268 e. The van der Waals surface area contributed by atoms with Gasteiger partial charge in [0.05, 0.1) is 18.0 Å². The van der Waals surface area contributed by atoms with Crippen LogP contribution in [0.5, 0.6) is 0 Å². The lowest BCUT2D eigenvalue weighted by Gasteiger charge is -2.22.